The molecule has 0 aliphatic carbocycles. The molecule has 2 N–H and O–H groups in total. The Morgan fingerprint density at radius 2 is 2.05 bits per heavy atom. The molecule has 22 heavy (non-hydrogen) atoms. The summed E-state index contributed by atoms with van der Waals surface area (Å²) in [6.45, 7) is 1.79. The normalized spacial score (nSPS) is 10.5. The quantitative estimate of drug-likeness (QED) is 0.762. The van der Waals surface area contributed by atoms with Gasteiger partial charge in [0.1, 0.15) is 12.1 Å². The summed E-state index contributed by atoms with van der Waals surface area (Å²) >= 11 is 0. The highest BCUT2D eigenvalue weighted by Crippen LogP contribution is 2.23. The van der Waals surface area contributed by atoms with Crippen molar-refractivity contribution in [2.45, 2.75) is 12.8 Å². The number of aromatic nitrogens is 2. The molecule has 0 atom stereocenters. The number of rotatable bonds is 7. The summed E-state index contributed by atoms with van der Waals surface area (Å²) in [6, 6.07) is 5.06. The number of carboxylic acids is 1. The number of nitrogens with zero attached hydrogens (tertiary/aromatic N) is 3. The molecule has 0 unspecified atom stereocenters. The molecule has 0 fully saturated rings. The van der Waals surface area contributed by atoms with E-state index in [1.165, 1.54) is 6.33 Å². The van der Waals surface area contributed by atoms with Gasteiger partial charge in [0.05, 0.1) is 16.5 Å². The lowest BCUT2D eigenvalue weighted by Crippen LogP contribution is -2.14. The highest BCUT2D eigenvalue weighted by atomic mass is 35.5. The molecule has 6 nitrogen and oxygen atoms in total. The Bertz CT molecular complexity index is 629. The van der Waals surface area contributed by atoms with Gasteiger partial charge in [-0.25, -0.2) is 14.8 Å². The van der Waals surface area contributed by atoms with Gasteiger partial charge in [-0.2, -0.15) is 0 Å². The van der Waals surface area contributed by atoms with Gasteiger partial charge in [0, 0.05) is 6.54 Å². The van der Waals surface area contributed by atoms with E-state index in [9.17, 15) is 9.90 Å². The molecule has 7 heteroatoms. The molecule has 0 spiro atoms. The molecule has 1 aromatic carbocycles. The molecule has 120 valence electrons. The summed E-state index contributed by atoms with van der Waals surface area (Å²) in [5.74, 6) is -0.381. The number of unbranched alkanes of at least 4 members (excludes halogenated alkanes) is 1. The zero-order valence-electron chi connectivity index (χ0n) is 12.7. The fourth-order valence-electron chi connectivity index (χ4n) is 2.18. The lowest BCUT2D eigenvalue weighted by Gasteiger charge is -2.11. The smallest absolute Gasteiger partial charge is 0.336 e. The maximum absolute atomic E-state index is 11.3. The van der Waals surface area contributed by atoms with Crippen LogP contribution in [0, 0.1) is 0 Å². The number of aromatic carboxylic acids is 1. The van der Waals surface area contributed by atoms with Crippen LogP contribution in [0.2, 0.25) is 0 Å². The van der Waals surface area contributed by atoms with Crippen molar-refractivity contribution in [2.24, 2.45) is 0 Å². The van der Waals surface area contributed by atoms with Crippen molar-refractivity contribution in [3.63, 3.8) is 0 Å². The summed E-state index contributed by atoms with van der Waals surface area (Å²) < 4.78 is 0. The van der Waals surface area contributed by atoms with Crippen LogP contribution in [0.1, 0.15) is 23.2 Å². The molecule has 0 bridgehead atoms. The molecule has 0 saturated heterocycles. The van der Waals surface area contributed by atoms with E-state index in [4.69, 9.17) is 0 Å². The Kier molecular flexibility index (Phi) is 7.01. The Hall–Kier alpha value is -1.92. The zero-order valence-corrected chi connectivity index (χ0v) is 13.6. The minimum Gasteiger partial charge on any atom is -0.478 e. The summed E-state index contributed by atoms with van der Waals surface area (Å²) in [4.78, 5) is 21.8. The lowest BCUT2D eigenvalue weighted by atomic mass is 10.1. The third-order valence-electron chi connectivity index (χ3n) is 3.22. The monoisotopic (exact) mass is 324 g/mol. The maximum atomic E-state index is 11.3. The molecule has 2 aromatic rings. The summed E-state index contributed by atoms with van der Waals surface area (Å²) in [5.41, 5.74) is 0.865. The minimum absolute atomic E-state index is 0. The number of fused-ring (bicyclic) bond motifs is 1. The highest BCUT2D eigenvalue weighted by Gasteiger charge is 2.13. The lowest BCUT2D eigenvalue weighted by molar-refractivity contribution is 0.0699. The molecule has 0 amide bonds. The predicted octanol–water partition coefficient (Wildman–Crippen LogP) is 2.50. The second kappa shape index (κ2) is 8.51. The molecular weight excluding hydrogens is 304 g/mol. The van der Waals surface area contributed by atoms with E-state index < -0.39 is 5.97 Å². The SMILES string of the molecule is CN(C)CCCCNc1ncnc2cccc(C(=O)O)c12.Cl. The first-order valence-corrected chi connectivity index (χ1v) is 6.95. The highest BCUT2D eigenvalue weighted by molar-refractivity contribution is 6.06. The Labute approximate surface area is 136 Å². The number of anilines is 1. The number of carbonyl (C=O) groups is 1. The minimum atomic E-state index is -0.967. The number of benzene rings is 1. The number of nitrogens with one attached hydrogen (secondary N) is 1. The van der Waals surface area contributed by atoms with Crippen molar-refractivity contribution in [3.8, 4) is 0 Å². The van der Waals surface area contributed by atoms with Crippen LogP contribution in [0.25, 0.3) is 10.9 Å². The fraction of sp³-hybridized carbons (Fsp3) is 0.400. The molecule has 0 aliphatic rings. The Morgan fingerprint density at radius 3 is 2.73 bits per heavy atom. The van der Waals surface area contributed by atoms with E-state index in [1.54, 1.807) is 18.2 Å². The van der Waals surface area contributed by atoms with Gasteiger partial charge in [0.25, 0.3) is 0 Å². The number of carboxylic acid groups (broad SMARTS) is 1. The van der Waals surface area contributed by atoms with E-state index >= 15 is 0 Å². The predicted molar refractivity (Wildman–Crippen MR) is 90.0 cm³/mol. The van der Waals surface area contributed by atoms with Gasteiger partial charge < -0.3 is 15.3 Å². The second-order valence-corrected chi connectivity index (χ2v) is 5.16. The molecule has 1 aromatic heterocycles. The topological polar surface area (TPSA) is 78.3 Å². The number of halogens is 1. The number of hydrogen-bond donors (Lipinski definition) is 2. The van der Waals surface area contributed by atoms with E-state index in [1.807, 2.05) is 14.1 Å². The Balaban J connectivity index is 0.00000242. The van der Waals surface area contributed by atoms with E-state index in [0.717, 1.165) is 25.9 Å². The Morgan fingerprint density at radius 1 is 1.27 bits per heavy atom. The van der Waals surface area contributed by atoms with Gasteiger partial charge in [0.2, 0.25) is 0 Å². The summed E-state index contributed by atoms with van der Waals surface area (Å²) in [6.07, 6.45) is 3.53. The van der Waals surface area contributed by atoms with Crippen LogP contribution in [0.4, 0.5) is 5.82 Å². The third kappa shape index (κ3) is 4.54. The first kappa shape index (κ1) is 18.1. The van der Waals surface area contributed by atoms with Gasteiger partial charge in [-0.15, -0.1) is 12.4 Å². The van der Waals surface area contributed by atoms with Crippen LogP contribution in [-0.4, -0.2) is 53.1 Å². The van der Waals surface area contributed by atoms with Crippen LogP contribution in [0.15, 0.2) is 24.5 Å². The first-order chi connectivity index (χ1) is 10.1. The largest absolute Gasteiger partial charge is 0.478 e. The fourth-order valence-corrected chi connectivity index (χ4v) is 2.18. The van der Waals surface area contributed by atoms with E-state index in [2.05, 4.69) is 20.2 Å². The maximum Gasteiger partial charge on any atom is 0.336 e. The van der Waals surface area contributed by atoms with Crippen molar-refractivity contribution in [2.75, 3.05) is 32.5 Å². The number of hydrogen-bond acceptors (Lipinski definition) is 5. The second-order valence-electron chi connectivity index (χ2n) is 5.16. The van der Waals surface area contributed by atoms with Gasteiger partial charge in [-0.1, -0.05) is 6.07 Å². The van der Waals surface area contributed by atoms with Gasteiger partial charge >= 0.3 is 5.97 Å². The first-order valence-electron chi connectivity index (χ1n) is 6.95. The zero-order chi connectivity index (χ0) is 15.2. The van der Waals surface area contributed by atoms with Crippen LogP contribution in [0.3, 0.4) is 0 Å². The molecule has 0 saturated carbocycles. The van der Waals surface area contributed by atoms with Crippen LogP contribution in [-0.2, 0) is 0 Å². The molecule has 0 aliphatic heterocycles. The van der Waals surface area contributed by atoms with Crippen molar-refractivity contribution in [1.29, 1.82) is 0 Å². The standard InChI is InChI=1S/C15H20N4O2.ClH/c1-19(2)9-4-3-8-16-14-13-11(15(20)21)6-5-7-12(13)17-10-18-14;/h5-7,10H,3-4,8-9H2,1-2H3,(H,20,21)(H,16,17,18);1H. The van der Waals surface area contributed by atoms with Crippen LogP contribution >= 0.6 is 12.4 Å². The van der Waals surface area contributed by atoms with E-state index in [0.29, 0.717) is 16.7 Å². The van der Waals surface area contributed by atoms with E-state index in [-0.39, 0.29) is 18.0 Å². The van der Waals surface area contributed by atoms with Crippen molar-refractivity contribution < 1.29 is 9.90 Å². The van der Waals surface area contributed by atoms with Crippen molar-refractivity contribution in [1.82, 2.24) is 14.9 Å². The van der Waals surface area contributed by atoms with Gasteiger partial charge in [-0.05, 0) is 45.6 Å². The third-order valence-corrected chi connectivity index (χ3v) is 3.22. The van der Waals surface area contributed by atoms with Crippen molar-refractivity contribution >= 4 is 35.1 Å². The van der Waals surface area contributed by atoms with Gasteiger partial charge in [-0.3, -0.25) is 0 Å². The molecule has 2 rings (SSSR count). The van der Waals surface area contributed by atoms with Crippen molar-refractivity contribution in [3.05, 3.63) is 30.1 Å². The molecule has 0 radical (unpaired) electrons. The average Bonchev–Trinajstić information content (AvgIpc) is 2.46. The summed E-state index contributed by atoms with van der Waals surface area (Å²) in [5, 5.41) is 13.1. The average molecular weight is 325 g/mol. The molecule has 1 heterocycles. The van der Waals surface area contributed by atoms with Gasteiger partial charge in [0.15, 0.2) is 0 Å². The van der Waals surface area contributed by atoms with Crippen LogP contribution in [0.5, 0.6) is 0 Å². The summed E-state index contributed by atoms with van der Waals surface area (Å²) in [7, 11) is 4.09. The van der Waals surface area contributed by atoms with Crippen LogP contribution < -0.4 is 5.32 Å². The molecular formula is C15H21ClN4O2.